The highest BCUT2D eigenvalue weighted by Crippen LogP contribution is 2.12. The van der Waals surface area contributed by atoms with Crippen LogP contribution in [0.3, 0.4) is 0 Å². The van der Waals surface area contributed by atoms with Gasteiger partial charge >= 0.3 is 0 Å². The smallest absolute Gasteiger partial charge is 0.0896 e. The van der Waals surface area contributed by atoms with Crippen molar-refractivity contribution in [2.24, 2.45) is 5.92 Å². The van der Waals surface area contributed by atoms with E-state index < -0.39 is 0 Å². The molecular formula is C9H20NO+. The van der Waals surface area contributed by atoms with Gasteiger partial charge in [0.1, 0.15) is 0 Å². The van der Waals surface area contributed by atoms with Gasteiger partial charge in [0.15, 0.2) is 0 Å². The van der Waals surface area contributed by atoms with Crippen molar-refractivity contribution in [2.45, 2.75) is 39.3 Å². The zero-order valence-electron chi connectivity index (χ0n) is 7.80. The fraction of sp³-hybridized carbons (Fsp3) is 1.00. The number of quaternary nitrogens is 1. The summed E-state index contributed by atoms with van der Waals surface area (Å²) in [5.74, 6) is 0.471. The summed E-state index contributed by atoms with van der Waals surface area (Å²) in [4.78, 5) is 1.64. The quantitative estimate of drug-likeness (QED) is 0.537. The van der Waals surface area contributed by atoms with Crippen molar-refractivity contribution in [2.75, 3.05) is 13.1 Å². The molecule has 0 aromatic carbocycles. The molecule has 0 amide bonds. The molecule has 0 aromatic heterocycles. The van der Waals surface area contributed by atoms with Crippen LogP contribution in [0.25, 0.3) is 0 Å². The van der Waals surface area contributed by atoms with E-state index in [2.05, 4.69) is 20.8 Å². The first-order valence-electron chi connectivity index (χ1n) is 4.69. The van der Waals surface area contributed by atoms with Gasteiger partial charge in [-0.25, -0.2) is 0 Å². The van der Waals surface area contributed by atoms with E-state index in [1.807, 2.05) is 0 Å². The Balaban J connectivity index is 2.52. The third-order valence-electron chi connectivity index (χ3n) is 3.25. The fourth-order valence-electron chi connectivity index (χ4n) is 2.03. The summed E-state index contributed by atoms with van der Waals surface area (Å²) in [6.45, 7) is 8.95. The Hall–Kier alpha value is -0.0800. The summed E-state index contributed by atoms with van der Waals surface area (Å²) < 4.78 is 0. The van der Waals surface area contributed by atoms with E-state index in [4.69, 9.17) is 0 Å². The molecule has 11 heavy (non-hydrogen) atoms. The van der Waals surface area contributed by atoms with Crippen LogP contribution in [0.4, 0.5) is 0 Å². The highest BCUT2D eigenvalue weighted by atomic mass is 16.3. The number of piperidine rings is 1. The van der Waals surface area contributed by atoms with E-state index in [0.29, 0.717) is 12.0 Å². The standard InChI is InChI=1S/C9H19NO/c1-4-10-6-5-9(11)7(2)8(10)3/h7-9,11H,4-6H2,1-3H3/p+1/t7-,8+,9-/m1/s1. The Morgan fingerprint density at radius 3 is 2.64 bits per heavy atom. The van der Waals surface area contributed by atoms with Gasteiger partial charge in [-0.3, -0.25) is 0 Å². The molecule has 2 nitrogen and oxygen atoms in total. The Labute approximate surface area is 69.2 Å². The van der Waals surface area contributed by atoms with Crippen LogP contribution in [-0.4, -0.2) is 30.3 Å². The van der Waals surface area contributed by atoms with Crippen molar-refractivity contribution < 1.29 is 10.0 Å². The predicted octanol–water partition coefficient (Wildman–Crippen LogP) is -0.320. The molecule has 2 heteroatoms. The van der Waals surface area contributed by atoms with Crippen LogP contribution < -0.4 is 4.90 Å². The van der Waals surface area contributed by atoms with E-state index in [9.17, 15) is 5.11 Å². The average Bonchev–Trinajstić information content (AvgIpc) is 2.01. The zero-order chi connectivity index (χ0) is 8.43. The molecule has 2 N–H and O–H groups in total. The molecule has 1 saturated heterocycles. The van der Waals surface area contributed by atoms with Crippen LogP contribution in [0, 0.1) is 5.92 Å². The number of hydrogen-bond acceptors (Lipinski definition) is 1. The Bertz CT molecular complexity index is 125. The third-order valence-corrected chi connectivity index (χ3v) is 3.25. The van der Waals surface area contributed by atoms with Crippen molar-refractivity contribution in [1.82, 2.24) is 0 Å². The lowest BCUT2D eigenvalue weighted by Crippen LogP contribution is -3.17. The largest absolute Gasteiger partial charge is 0.392 e. The maximum Gasteiger partial charge on any atom is 0.0896 e. The van der Waals surface area contributed by atoms with Crippen LogP contribution in [0.5, 0.6) is 0 Å². The number of rotatable bonds is 1. The molecule has 0 radical (unpaired) electrons. The second kappa shape index (κ2) is 3.55. The number of aliphatic hydroxyl groups is 1. The minimum atomic E-state index is -0.0553. The molecule has 0 aromatic rings. The number of likely N-dealkylation sites (tertiary alicyclic amines) is 1. The molecule has 1 fully saturated rings. The second-order valence-corrected chi connectivity index (χ2v) is 3.77. The highest BCUT2D eigenvalue weighted by Gasteiger charge is 2.33. The lowest BCUT2D eigenvalue weighted by molar-refractivity contribution is -0.932. The van der Waals surface area contributed by atoms with Gasteiger partial charge in [-0.05, 0) is 13.8 Å². The van der Waals surface area contributed by atoms with Crippen molar-refractivity contribution in [1.29, 1.82) is 0 Å². The lowest BCUT2D eigenvalue weighted by atomic mass is 9.89. The second-order valence-electron chi connectivity index (χ2n) is 3.77. The van der Waals surface area contributed by atoms with Crippen LogP contribution in [-0.2, 0) is 0 Å². The minimum Gasteiger partial charge on any atom is -0.392 e. The average molecular weight is 158 g/mol. The highest BCUT2D eigenvalue weighted by molar-refractivity contribution is 4.72. The van der Waals surface area contributed by atoms with E-state index in [1.165, 1.54) is 6.54 Å². The maximum atomic E-state index is 9.55. The molecular weight excluding hydrogens is 138 g/mol. The van der Waals surface area contributed by atoms with E-state index in [1.54, 1.807) is 4.90 Å². The Morgan fingerprint density at radius 2 is 2.09 bits per heavy atom. The summed E-state index contributed by atoms with van der Waals surface area (Å²) in [6, 6.07) is 0.628. The Kier molecular flexibility index (Phi) is 2.90. The number of hydrogen-bond donors (Lipinski definition) is 2. The minimum absolute atomic E-state index is 0.0553. The first kappa shape index (κ1) is 9.01. The summed E-state index contributed by atoms with van der Waals surface area (Å²) >= 11 is 0. The van der Waals surface area contributed by atoms with Crippen LogP contribution >= 0.6 is 0 Å². The van der Waals surface area contributed by atoms with Crippen molar-refractivity contribution in [3.63, 3.8) is 0 Å². The lowest BCUT2D eigenvalue weighted by Gasteiger charge is -2.37. The maximum absolute atomic E-state index is 9.55. The van der Waals surface area contributed by atoms with Gasteiger partial charge in [0, 0.05) is 12.3 Å². The SMILES string of the molecule is CC[NH+]1CC[C@@H](O)[C@H](C)[C@@H]1C. The molecule has 1 unspecified atom stereocenters. The molecule has 0 bridgehead atoms. The molecule has 0 spiro atoms. The van der Waals surface area contributed by atoms with E-state index in [0.717, 1.165) is 13.0 Å². The van der Waals surface area contributed by atoms with Gasteiger partial charge in [-0.15, -0.1) is 0 Å². The summed E-state index contributed by atoms with van der Waals surface area (Å²) in [5.41, 5.74) is 0. The monoisotopic (exact) mass is 158 g/mol. The van der Waals surface area contributed by atoms with Gasteiger partial charge < -0.3 is 10.0 Å². The normalized spacial score (nSPS) is 45.8. The van der Waals surface area contributed by atoms with E-state index >= 15 is 0 Å². The van der Waals surface area contributed by atoms with Crippen LogP contribution in [0.1, 0.15) is 27.2 Å². The van der Waals surface area contributed by atoms with Gasteiger partial charge in [-0.1, -0.05) is 6.92 Å². The molecule has 1 rings (SSSR count). The van der Waals surface area contributed by atoms with Gasteiger partial charge in [0.2, 0.25) is 0 Å². The summed E-state index contributed by atoms with van der Waals surface area (Å²) in [5, 5.41) is 9.55. The summed E-state index contributed by atoms with van der Waals surface area (Å²) in [6.07, 6.45) is 0.926. The van der Waals surface area contributed by atoms with Gasteiger partial charge in [0.05, 0.1) is 25.2 Å². The number of nitrogens with one attached hydrogen (secondary N) is 1. The molecule has 1 aliphatic rings. The van der Waals surface area contributed by atoms with Gasteiger partial charge in [-0.2, -0.15) is 0 Å². The molecule has 0 saturated carbocycles. The summed E-state index contributed by atoms with van der Waals surface area (Å²) in [7, 11) is 0. The molecule has 0 aliphatic carbocycles. The molecule has 1 heterocycles. The first-order valence-corrected chi connectivity index (χ1v) is 4.69. The topological polar surface area (TPSA) is 24.7 Å². The predicted molar refractivity (Wildman–Crippen MR) is 45.6 cm³/mol. The van der Waals surface area contributed by atoms with E-state index in [-0.39, 0.29) is 6.10 Å². The molecule has 66 valence electrons. The molecule has 4 atom stereocenters. The molecule has 1 aliphatic heterocycles. The van der Waals surface area contributed by atoms with Crippen molar-refractivity contribution >= 4 is 0 Å². The zero-order valence-corrected chi connectivity index (χ0v) is 7.80. The van der Waals surface area contributed by atoms with Crippen LogP contribution in [0.2, 0.25) is 0 Å². The van der Waals surface area contributed by atoms with Crippen LogP contribution in [0.15, 0.2) is 0 Å². The fourth-order valence-corrected chi connectivity index (χ4v) is 2.03. The first-order chi connectivity index (χ1) is 5.16. The van der Waals surface area contributed by atoms with Gasteiger partial charge in [0.25, 0.3) is 0 Å². The van der Waals surface area contributed by atoms with Crippen molar-refractivity contribution in [3.8, 4) is 0 Å². The van der Waals surface area contributed by atoms with Crippen molar-refractivity contribution in [3.05, 3.63) is 0 Å². The Morgan fingerprint density at radius 1 is 1.45 bits per heavy atom. The third kappa shape index (κ3) is 1.74. The number of aliphatic hydroxyl groups excluding tert-OH is 1.